The van der Waals surface area contributed by atoms with Crippen LogP contribution in [0.1, 0.15) is 44.9 Å². The van der Waals surface area contributed by atoms with E-state index in [-0.39, 0.29) is 36.1 Å². The van der Waals surface area contributed by atoms with Crippen LogP contribution in [0.15, 0.2) is 0 Å². The number of methoxy groups -OCH3 is 1. The van der Waals surface area contributed by atoms with Crippen molar-refractivity contribution in [3.8, 4) is 0 Å². The van der Waals surface area contributed by atoms with Crippen LogP contribution in [0.5, 0.6) is 0 Å². The summed E-state index contributed by atoms with van der Waals surface area (Å²) < 4.78 is 5.05. The molecule has 11 nitrogen and oxygen atoms in total. The quantitative estimate of drug-likeness (QED) is 0.365. The van der Waals surface area contributed by atoms with Crippen molar-refractivity contribution in [2.75, 3.05) is 74.6 Å². The lowest BCUT2D eigenvalue weighted by Gasteiger charge is -2.29. The molecule has 0 radical (unpaired) electrons. The van der Waals surface area contributed by atoms with Gasteiger partial charge in [0.1, 0.15) is 0 Å². The van der Waals surface area contributed by atoms with Crippen molar-refractivity contribution in [2.45, 2.75) is 75.3 Å². The van der Waals surface area contributed by atoms with Crippen molar-refractivity contribution < 1.29 is 24.5 Å². The summed E-state index contributed by atoms with van der Waals surface area (Å²) >= 11 is 0. The fourth-order valence-corrected chi connectivity index (χ4v) is 5.03. The first-order valence-corrected chi connectivity index (χ1v) is 13.2. The lowest BCUT2D eigenvalue weighted by Crippen LogP contribution is -2.45. The van der Waals surface area contributed by atoms with Crippen LogP contribution < -0.4 is 11.5 Å². The second-order valence-corrected chi connectivity index (χ2v) is 10.6. The number of nitrogens with two attached hydrogens (primary N) is 2. The molecule has 11 heteroatoms. The maximum Gasteiger partial charge on any atom is 0.234 e. The number of likely N-dealkylation sites (N-methyl/N-ethyl adjacent to an activating group) is 4. The molecule has 5 atom stereocenters. The second-order valence-electron chi connectivity index (χ2n) is 10.6. The van der Waals surface area contributed by atoms with E-state index in [0.717, 1.165) is 45.5 Å². The summed E-state index contributed by atoms with van der Waals surface area (Å²) in [5, 5.41) is 17.9. The molecule has 4 fully saturated rings. The molecule has 212 valence electrons. The summed E-state index contributed by atoms with van der Waals surface area (Å²) in [6, 6.07) is 0.416. The standard InChI is InChI=1S/C7H14N2O.C7H15NO.C6H12N2O2.C5H11NO/c1-9-5-3-2-4-6(9)7(8)10;1-8-5-3-4-7(8)6-9-2;1-8-3-4(9)2-5(8)6(7)10;1-6-3-2-5(7)4-6/h6H,2-5H2,1H3,(H2,8,10);7H,3-6H2,1-2H3;4-5,9H,2-3H2,1H3,(H2,7,10);5,7H,2-4H2,1H3. The molecule has 4 heterocycles. The highest BCUT2D eigenvalue weighted by molar-refractivity contribution is 5.80. The van der Waals surface area contributed by atoms with Crippen molar-refractivity contribution in [1.29, 1.82) is 0 Å². The molecule has 0 aromatic carbocycles. The Labute approximate surface area is 217 Å². The normalized spacial score (nSPS) is 31.5. The minimum Gasteiger partial charge on any atom is -0.392 e. The van der Waals surface area contributed by atoms with Gasteiger partial charge in [0.05, 0.1) is 30.9 Å². The molecule has 4 saturated heterocycles. The molecule has 6 N–H and O–H groups in total. The van der Waals surface area contributed by atoms with Gasteiger partial charge >= 0.3 is 0 Å². The van der Waals surface area contributed by atoms with Gasteiger partial charge in [-0.25, -0.2) is 0 Å². The van der Waals surface area contributed by atoms with E-state index < -0.39 is 0 Å². The largest absolute Gasteiger partial charge is 0.392 e. The zero-order valence-electron chi connectivity index (χ0n) is 23.1. The van der Waals surface area contributed by atoms with Gasteiger partial charge in [-0.15, -0.1) is 0 Å². The molecule has 4 rings (SSSR count). The summed E-state index contributed by atoms with van der Waals surface area (Å²) in [5.41, 5.74) is 10.2. The number of rotatable bonds is 4. The molecule has 0 aromatic heterocycles. The van der Waals surface area contributed by atoms with E-state index in [2.05, 4.69) is 16.8 Å². The van der Waals surface area contributed by atoms with Crippen LogP contribution in [0.25, 0.3) is 0 Å². The van der Waals surface area contributed by atoms with Crippen LogP contribution in [0.2, 0.25) is 0 Å². The van der Waals surface area contributed by atoms with Crippen LogP contribution in [-0.4, -0.2) is 147 Å². The number of carbonyl (C=O) groups excluding carboxylic acids is 2. The smallest absolute Gasteiger partial charge is 0.234 e. The molecule has 0 bridgehead atoms. The second kappa shape index (κ2) is 17.2. The highest BCUT2D eigenvalue weighted by Gasteiger charge is 2.31. The van der Waals surface area contributed by atoms with Gasteiger partial charge in [-0.1, -0.05) is 6.42 Å². The van der Waals surface area contributed by atoms with Crippen molar-refractivity contribution in [3.05, 3.63) is 0 Å². The first-order chi connectivity index (χ1) is 17.0. The number of likely N-dealkylation sites (tertiary alicyclic amines) is 4. The molecule has 0 aromatic rings. The number of aliphatic hydroxyl groups is 2. The summed E-state index contributed by atoms with van der Waals surface area (Å²) in [5.74, 6) is -0.527. The van der Waals surface area contributed by atoms with Gasteiger partial charge in [0.2, 0.25) is 11.8 Å². The monoisotopic (exact) mass is 516 g/mol. The van der Waals surface area contributed by atoms with Gasteiger partial charge < -0.3 is 36.2 Å². The summed E-state index contributed by atoms with van der Waals surface area (Å²) in [6.45, 7) is 5.62. The molecule has 0 aliphatic carbocycles. The number of hydrogen-bond donors (Lipinski definition) is 4. The molecule has 4 aliphatic rings. The minimum atomic E-state index is -0.387. The third-order valence-corrected chi connectivity index (χ3v) is 7.35. The first kappa shape index (κ1) is 32.7. The Morgan fingerprint density at radius 2 is 1.42 bits per heavy atom. The number of amides is 2. The van der Waals surface area contributed by atoms with Gasteiger partial charge in [0, 0.05) is 32.8 Å². The third-order valence-electron chi connectivity index (χ3n) is 7.35. The molecular weight excluding hydrogens is 464 g/mol. The van der Waals surface area contributed by atoms with Gasteiger partial charge in [-0.3, -0.25) is 19.4 Å². The average molecular weight is 517 g/mol. The lowest BCUT2D eigenvalue weighted by molar-refractivity contribution is -0.124. The number of aliphatic hydroxyl groups excluding tert-OH is 2. The van der Waals surface area contributed by atoms with E-state index in [1.165, 1.54) is 25.8 Å². The van der Waals surface area contributed by atoms with Gasteiger partial charge in [-0.2, -0.15) is 0 Å². The minimum absolute atomic E-state index is 0.00579. The van der Waals surface area contributed by atoms with Crippen molar-refractivity contribution in [2.24, 2.45) is 11.5 Å². The van der Waals surface area contributed by atoms with Crippen molar-refractivity contribution in [1.82, 2.24) is 19.6 Å². The topological polar surface area (TPSA) is 149 Å². The van der Waals surface area contributed by atoms with Crippen LogP contribution in [-0.2, 0) is 14.3 Å². The maximum absolute atomic E-state index is 10.7. The first-order valence-electron chi connectivity index (χ1n) is 13.2. The van der Waals surface area contributed by atoms with E-state index in [1.54, 1.807) is 19.1 Å². The Morgan fingerprint density at radius 3 is 1.72 bits per heavy atom. The van der Waals surface area contributed by atoms with Crippen LogP contribution in [0.3, 0.4) is 0 Å². The molecule has 0 spiro atoms. The number of β-amino-alcohol motifs (C(OH)–C–C–N with tert-alkyl or cyclic N) is 2. The van der Waals surface area contributed by atoms with E-state index in [4.69, 9.17) is 26.4 Å². The predicted octanol–water partition coefficient (Wildman–Crippen LogP) is -1.10. The van der Waals surface area contributed by atoms with Gasteiger partial charge in [0.15, 0.2) is 0 Å². The SMILES string of the molecule is CN1CC(O)CC1C(N)=O.CN1CCC(O)C1.CN1CCCCC1C(N)=O.COCC1CCCN1C. The summed E-state index contributed by atoms with van der Waals surface area (Å²) in [7, 11) is 9.69. The highest BCUT2D eigenvalue weighted by Crippen LogP contribution is 2.15. The van der Waals surface area contributed by atoms with E-state index in [0.29, 0.717) is 19.0 Å². The fourth-order valence-electron chi connectivity index (χ4n) is 5.03. The fraction of sp³-hybridized carbons (Fsp3) is 0.920. The maximum atomic E-state index is 10.7. The Bertz CT molecular complexity index is 618. The van der Waals surface area contributed by atoms with Crippen LogP contribution in [0, 0.1) is 0 Å². The van der Waals surface area contributed by atoms with Gasteiger partial charge in [0.25, 0.3) is 0 Å². The van der Waals surface area contributed by atoms with Crippen LogP contribution in [0.4, 0.5) is 0 Å². The highest BCUT2D eigenvalue weighted by atomic mass is 16.5. The number of piperidine rings is 1. The summed E-state index contributed by atoms with van der Waals surface area (Å²) in [6.07, 6.45) is 6.91. The molecule has 4 aliphatic heterocycles. The molecule has 2 amide bonds. The van der Waals surface area contributed by atoms with E-state index in [1.807, 2.05) is 19.0 Å². The number of carbonyl (C=O) groups is 2. The zero-order chi connectivity index (χ0) is 27.3. The Balaban J connectivity index is 0.000000242. The molecular formula is C25H52N6O5. The lowest BCUT2D eigenvalue weighted by atomic mass is 10.0. The van der Waals surface area contributed by atoms with Crippen molar-refractivity contribution >= 4 is 11.8 Å². The van der Waals surface area contributed by atoms with Crippen molar-refractivity contribution in [3.63, 3.8) is 0 Å². The summed E-state index contributed by atoms with van der Waals surface area (Å²) in [4.78, 5) is 29.7. The van der Waals surface area contributed by atoms with E-state index in [9.17, 15) is 9.59 Å². The molecule has 5 unspecified atom stereocenters. The molecule has 0 saturated carbocycles. The number of nitrogens with zero attached hydrogens (tertiary/aromatic N) is 4. The Morgan fingerprint density at radius 1 is 0.778 bits per heavy atom. The number of ether oxygens (including phenoxy) is 1. The number of primary amides is 2. The zero-order valence-corrected chi connectivity index (χ0v) is 23.1. The third kappa shape index (κ3) is 12.3. The predicted molar refractivity (Wildman–Crippen MR) is 141 cm³/mol. The Hall–Kier alpha value is -1.34. The van der Waals surface area contributed by atoms with Crippen LogP contribution >= 0.6 is 0 Å². The van der Waals surface area contributed by atoms with E-state index >= 15 is 0 Å². The van der Waals surface area contributed by atoms with Gasteiger partial charge in [-0.05, 0) is 79.8 Å². The Kier molecular flexibility index (Phi) is 15.6. The average Bonchev–Trinajstić information content (AvgIpc) is 3.50. The number of hydrogen-bond acceptors (Lipinski definition) is 9. The molecule has 36 heavy (non-hydrogen) atoms.